The molecule has 2 heterocycles. The molecule has 1 aromatic heterocycles. The summed E-state index contributed by atoms with van der Waals surface area (Å²) in [6.07, 6.45) is -7.77. The summed E-state index contributed by atoms with van der Waals surface area (Å²) < 4.78 is 16.8. The average Bonchev–Trinajstić information content (AvgIpc) is 2.76. The molecule has 0 radical (unpaired) electrons. The molecule has 3 aromatic rings. The van der Waals surface area contributed by atoms with Gasteiger partial charge in [0.25, 0.3) is 0 Å². The molecular formula is C21H20O9. The second kappa shape index (κ2) is 8.05. The molecule has 2 aromatic carbocycles. The Morgan fingerprint density at radius 1 is 0.933 bits per heavy atom. The van der Waals surface area contributed by atoms with Crippen LogP contribution in [0, 0.1) is 0 Å². The van der Waals surface area contributed by atoms with Crippen molar-refractivity contribution >= 4 is 11.0 Å². The molecule has 0 saturated carbocycles. The van der Waals surface area contributed by atoms with Crippen LogP contribution in [0.5, 0.6) is 11.5 Å². The highest BCUT2D eigenvalue weighted by Gasteiger charge is 2.45. The minimum atomic E-state index is -1.72. The minimum absolute atomic E-state index is 0.0238. The molecule has 1 saturated heterocycles. The Labute approximate surface area is 170 Å². The van der Waals surface area contributed by atoms with Crippen LogP contribution >= 0.6 is 0 Å². The zero-order valence-corrected chi connectivity index (χ0v) is 15.6. The topological polar surface area (TPSA) is 150 Å². The van der Waals surface area contributed by atoms with Gasteiger partial charge in [-0.3, -0.25) is 4.79 Å². The van der Waals surface area contributed by atoms with Crippen molar-refractivity contribution in [2.45, 2.75) is 30.7 Å². The van der Waals surface area contributed by atoms with Crippen LogP contribution in [0.4, 0.5) is 0 Å². The molecule has 1 aliphatic rings. The van der Waals surface area contributed by atoms with E-state index in [2.05, 4.69) is 0 Å². The Morgan fingerprint density at radius 2 is 1.67 bits per heavy atom. The zero-order valence-electron chi connectivity index (χ0n) is 15.6. The van der Waals surface area contributed by atoms with Crippen molar-refractivity contribution in [2.24, 2.45) is 0 Å². The largest absolute Gasteiger partial charge is 0.507 e. The first-order valence-corrected chi connectivity index (χ1v) is 9.23. The quantitative estimate of drug-likeness (QED) is 0.406. The summed E-state index contributed by atoms with van der Waals surface area (Å²) in [6.45, 7) is -0.649. The highest BCUT2D eigenvalue weighted by molar-refractivity contribution is 5.86. The van der Waals surface area contributed by atoms with Gasteiger partial charge in [-0.15, -0.1) is 0 Å². The number of fused-ring (bicyclic) bond motifs is 1. The second-order valence-corrected chi connectivity index (χ2v) is 6.92. The standard InChI is InChI=1S/C21H20O9/c22-9-13-15(24)17(26)18(27)21(29-13)30-20-16(25)14-11(23)7-4-8-12(14)28-19(20)10-5-2-1-3-6-10/h1-8,13,15,17-18,21-24,26-27H,9H2/t13-,15+,17+,18-,21+/m1/s1. The maximum Gasteiger partial charge on any atom is 0.239 e. The molecule has 0 spiro atoms. The van der Waals surface area contributed by atoms with E-state index in [1.807, 2.05) is 0 Å². The van der Waals surface area contributed by atoms with Crippen molar-refractivity contribution in [3.05, 3.63) is 58.8 Å². The predicted molar refractivity (Wildman–Crippen MR) is 104 cm³/mol. The minimum Gasteiger partial charge on any atom is -0.507 e. The number of phenolic OH excluding ortho intramolecular Hbond substituents is 1. The van der Waals surface area contributed by atoms with Crippen molar-refractivity contribution in [3.8, 4) is 22.8 Å². The van der Waals surface area contributed by atoms with Crippen LogP contribution in [0.25, 0.3) is 22.3 Å². The predicted octanol–water partition coefficient (Wildman–Crippen LogP) is 0.344. The van der Waals surface area contributed by atoms with E-state index in [1.54, 1.807) is 30.3 Å². The molecule has 30 heavy (non-hydrogen) atoms. The fourth-order valence-corrected chi connectivity index (χ4v) is 3.37. The summed E-state index contributed by atoms with van der Waals surface area (Å²) in [5, 5.41) is 49.6. The highest BCUT2D eigenvalue weighted by Crippen LogP contribution is 2.35. The van der Waals surface area contributed by atoms with Gasteiger partial charge in [0, 0.05) is 5.56 Å². The number of phenols is 1. The van der Waals surface area contributed by atoms with Gasteiger partial charge in [0.2, 0.25) is 17.5 Å². The van der Waals surface area contributed by atoms with Crippen LogP contribution in [-0.2, 0) is 4.74 Å². The van der Waals surface area contributed by atoms with E-state index >= 15 is 0 Å². The summed E-state index contributed by atoms with van der Waals surface area (Å²) in [4.78, 5) is 13.2. The van der Waals surface area contributed by atoms with Crippen LogP contribution in [0.1, 0.15) is 0 Å². The Morgan fingerprint density at radius 3 is 2.37 bits per heavy atom. The molecule has 5 atom stereocenters. The van der Waals surface area contributed by atoms with E-state index in [-0.39, 0.29) is 28.2 Å². The third-order valence-electron chi connectivity index (χ3n) is 4.97. The van der Waals surface area contributed by atoms with Crippen molar-refractivity contribution in [2.75, 3.05) is 6.61 Å². The second-order valence-electron chi connectivity index (χ2n) is 6.92. The molecule has 0 aliphatic carbocycles. The lowest BCUT2D eigenvalue weighted by Crippen LogP contribution is -2.60. The first-order chi connectivity index (χ1) is 14.4. The summed E-state index contributed by atoms with van der Waals surface area (Å²) >= 11 is 0. The number of rotatable bonds is 4. The lowest BCUT2D eigenvalue weighted by atomic mass is 9.99. The Hall–Kier alpha value is -2.95. The molecule has 5 N–H and O–H groups in total. The van der Waals surface area contributed by atoms with E-state index in [0.29, 0.717) is 5.56 Å². The van der Waals surface area contributed by atoms with E-state index in [1.165, 1.54) is 18.2 Å². The van der Waals surface area contributed by atoms with Gasteiger partial charge in [-0.2, -0.15) is 0 Å². The summed E-state index contributed by atoms with van der Waals surface area (Å²) in [7, 11) is 0. The van der Waals surface area contributed by atoms with Crippen molar-refractivity contribution < 1.29 is 39.4 Å². The first-order valence-electron chi connectivity index (χ1n) is 9.23. The van der Waals surface area contributed by atoms with E-state index in [9.17, 15) is 30.3 Å². The fourth-order valence-electron chi connectivity index (χ4n) is 3.37. The number of ether oxygens (including phenoxy) is 2. The molecular weight excluding hydrogens is 396 g/mol. The highest BCUT2D eigenvalue weighted by atomic mass is 16.7. The van der Waals surface area contributed by atoms with Gasteiger partial charge in [-0.05, 0) is 12.1 Å². The monoisotopic (exact) mass is 416 g/mol. The van der Waals surface area contributed by atoms with Crippen LogP contribution in [-0.4, -0.2) is 62.8 Å². The summed E-state index contributed by atoms with van der Waals surface area (Å²) in [5.74, 6) is -0.658. The van der Waals surface area contributed by atoms with E-state index < -0.39 is 42.7 Å². The molecule has 9 heteroatoms. The number of hydrogen-bond donors (Lipinski definition) is 5. The van der Waals surface area contributed by atoms with Crippen molar-refractivity contribution in [3.63, 3.8) is 0 Å². The smallest absolute Gasteiger partial charge is 0.239 e. The Bertz CT molecular complexity index is 1090. The van der Waals surface area contributed by atoms with E-state index in [0.717, 1.165) is 0 Å². The Kier molecular flexibility index (Phi) is 5.46. The lowest BCUT2D eigenvalue weighted by Gasteiger charge is -2.39. The molecule has 4 rings (SSSR count). The molecule has 1 aliphatic heterocycles. The molecule has 0 bridgehead atoms. The Balaban J connectivity index is 1.86. The van der Waals surface area contributed by atoms with Gasteiger partial charge >= 0.3 is 0 Å². The van der Waals surface area contributed by atoms with Crippen molar-refractivity contribution in [1.82, 2.24) is 0 Å². The third-order valence-corrected chi connectivity index (χ3v) is 4.97. The summed E-state index contributed by atoms with van der Waals surface area (Å²) in [5.41, 5.74) is -0.107. The molecule has 9 nitrogen and oxygen atoms in total. The number of aromatic hydroxyl groups is 1. The maximum absolute atomic E-state index is 13.2. The number of aliphatic hydroxyl groups is 4. The van der Waals surface area contributed by atoms with Gasteiger partial charge in [0.15, 0.2) is 5.76 Å². The molecule has 0 unspecified atom stereocenters. The number of aliphatic hydroxyl groups excluding tert-OH is 4. The lowest BCUT2D eigenvalue weighted by molar-refractivity contribution is -0.277. The molecule has 1 fully saturated rings. The molecule has 0 amide bonds. The SMILES string of the molecule is O=c1c(O[C@@H]2O[C@H](CO)[C@H](O)[C@H](O)[C@H]2O)c(-c2ccccc2)oc2cccc(O)c12. The van der Waals surface area contributed by atoms with Crippen LogP contribution in [0.2, 0.25) is 0 Å². The maximum atomic E-state index is 13.2. The van der Waals surface area contributed by atoms with Gasteiger partial charge in [0.1, 0.15) is 41.1 Å². The number of hydrogen-bond acceptors (Lipinski definition) is 9. The third kappa shape index (κ3) is 3.42. The van der Waals surface area contributed by atoms with Crippen LogP contribution in [0.3, 0.4) is 0 Å². The summed E-state index contributed by atoms with van der Waals surface area (Å²) in [6, 6.07) is 12.9. The van der Waals surface area contributed by atoms with Gasteiger partial charge in [0.05, 0.1) is 6.61 Å². The van der Waals surface area contributed by atoms with Crippen LogP contribution in [0.15, 0.2) is 57.7 Å². The average molecular weight is 416 g/mol. The number of benzene rings is 2. The van der Waals surface area contributed by atoms with Crippen LogP contribution < -0.4 is 10.2 Å². The van der Waals surface area contributed by atoms with Crippen molar-refractivity contribution in [1.29, 1.82) is 0 Å². The van der Waals surface area contributed by atoms with Gasteiger partial charge in [-0.1, -0.05) is 36.4 Å². The first kappa shape index (κ1) is 20.3. The fraction of sp³-hybridized carbons (Fsp3) is 0.286. The van der Waals surface area contributed by atoms with Gasteiger partial charge in [-0.25, -0.2) is 0 Å². The molecule has 158 valence electrons. The normalized spacial score (nSPS) is 26.6. The zero-order chi connectivity index (χ0) is 21.4. The van der Waals surface area contributed by atoms with E-state index in [4.69, 9.17) is 13.9 Å². The van der Waals surface area contributed by atoms with Gasteiger partial charge < -0.3 is 39.4 Å².